The van der Waals surface area contributed by atoms with E-state index in [9.17, 15) is 5.26 Å². The Balaban J connectivity index is 1.55. The summed E-state index contributed by atoms with van der Waals surface area (Å²) in [6.07, 6.45) is 3.31. The standard InChI is InChI=1S/C28H26N6O/c1-18-16-34(10-9-30-18)19(2)20-5-4-6-22(11-20)27-25-13-21(7-8-26(25)32-17-33-27)24-12-23(14-29)28(35-3)31-15-24/h4-8,11-13,15,17-18,30H,2,9-10,16H2,1,3H3/t18-/m1/s1. The molecule has 1 saturated heterocycles. The van der Waals surface area contributed by atoms with Crippen LogP contribution in [0.15, 0.2) is 67.6 Å². The fraction of sp³-hybridized carbons (Fsp3) is 0.214. The van der Waals surface area contributed by atoms with Gasteiger partial charge in [-0.25, -0.2) is 15.0 Å². The minimum Gasteiger partial charge on any atom is -0.480 e. The van der Waals surface area contributed by atoms with Crippen LogP contribution in [0.4, 0.5) is 0 Å². The molecule has 0 saturated carbocycles. The van der Waals surface area contributed by atoms with E-state index < -0.39 is 0 Å². The second-order valence-corrected chi connectivity index (χ2v) is 8.68. The third-order valence-electron chi connectivity index (χ3n) is 6.35. The molecule has 1 aliphatic rings. The van der Waals surface area contributed by atoms with E-state index in [1.165, 1.54) is 7.11 Å². The maximum Gasteiger partial charge on any atom is 0.231 e. The summed E-state index contributed by atoms with van der Waals surface area (Å²) >= 11 is 0. The van der Waals surface area contributed by atoms with Gasteiger partial charge in [0.2, 0.25) is 5.88 Å². The molecule has 0 aliphatic carbocycles. The van der Waals surface area contributed by atoms with E-state index in [1.54, 1.807) is 18.6 Å². The number of methoxy groups -OCH3 is 1. The van der Waals surface area contributed by atoms with E-state index in [2.05, 4.69) is 69.0 Å². The van der Waals surface area contributed by atoms with Crippen LogP contribution in [0, 0.1) is 11.3 Å². The summed E-state index contributed by atoms with van der Waals surface area (Å²) in [5.41, 5.74) is 6.95. The Morgan fingerprint density at radius 3 is 2.80 bits per heavy atom. The Morgan fingerprint density at radius 1 is 1.11 bits per heavy atom. The smallest absolute Gasteiger partial charge is 0.231 e. The predicted octanol–water partition coefficient (Wildman–Crippen LogP) is 4.50. The van der Waals surface area contributed by atoms with Crippen molar-refractivity contribution in [2.45, 2.75) is 13.0 Å². The molecule has 174 valence electrons. The number of hydrogen-bond acceptors (Lipinski definition) is 7. The molecule has 0 radical (unpaired) electrons. The van der Waals surface area contributed by atoms with Crippen LogP contribution in [0.2, 0.25) is 0 Å². The second-order valence-electron chi connectivity index (χ2n) is 8.68. The number of nitrogens with one attached hydrogen (secondary N) is 1. The highest BCUT2D eigenvalue weighted by Gasteiger charge is 2.18. The molecule has 5 rings (SSSR count). The average Bonchev–Trinajstić information content (AvgIpc) is 2.91. The molecule has 1 atom stereocenters. The molecule has 0 bridgehead atoms. The van der Waals surface area contributed by atoms with Crippen LogP contribution < -0.4 is 10.1 Å². The summed E-state index contributed by atoms with van der Waals surface area (Å²) < 4.78 is 5.19. The zero-order valence-electron chi connectivity index (χ0n) is 19.8. The van der Waals surface area contributed by atoms with Crippen molar-refractivity contribution >= 4 is 16.6 Å². The monoisotopic (exact) mass is 462 g/mol. The lowest BCUT2D eigenvalue weighted by atomic mass is 9.99. The number of nitriles is 1. The number of rotatable bonds is 5. The van der Waals surface area contributed by atoms with E-state index in [0.717, 1.165) is 64.2 Å². The van der Waals surface area contributed by atoms with Crippen molar-refractivity contribution in [3.05, 3.63) is 78.8 Å². The van der Waals surface area contributed by atoms with Gasteiger partial charge in [0, 0.05) is 54.1 Å². The van der Waals surface area contributed by atoms with Crippen LogP contribution >= 0.6 is 0 Å². The maximum atomic E-state index is 9.46. The number of ether oxygens (including phenoxy) is 1. The molecule has 0 unspecified atom stereocenters. The molecule has 3 heterocycles. The van der Waals surface area contributed by atoms with Gasteiger partial charge in [-0.1, -0.05) is 30.8 Å². The molecule has 2 aromatic heterocycles. The normalized spacial score (nSPS) is 15.6. The number of aromatic nitrogens is 3. The Kier molecular flexibility index (Phi) is 6.13. The average molecular weight is 463 g/mol. The number of fused-ring (bicyclic) bond motifs is 1. The summed E-state index contributed by atoms with van der Waals surface area (Å²) in [5.74, 6) is 0.317. The van der Waals surface area contributed by atoms with Gasteiger partial charge in [-0.2, -0.15) is 5.26 Å². The first-order chi connectivity index (χ1) is 17.1. The summed E-state index contributed by atoms with van der Waals surface area (Å²) in [6.45, 7) is 9.40. The summed E-state index contributed by atoms with van der Waals surface area (Å²) in [7, 11) is 1.51. The van der Waals surface area contributed by atoms with Gasteiger partial charge in [-0.15, -0.1) is 0 Å². The number of nitrogens with zero attached hydrogens (tertiary/aromatic N) is 5. The van der Waals surface area contributed by atoms with Crippen LogP contribution in [0.3, 0.4) is 0 Å². The fourth-order valence-electron chi connectivity index (χ4n) is 4.53. The topological polar surface area (TPSA) is 87.0 Å². The lowest BCUT2D eigenvalue weighted by molar-refractivity contribution is 0.290. The Bertz CT molecular complexity index is 1460. The molecule has 2 aromatic carbocycles. The SMILES string of the molecule is C=C(c1cccc(-c2ncnc3ccc(-c4cnc(OC)c(C#N)c4)cc23)c1)N1CCN[C@H](C)C1. The van der Waals surface area contributed by atoms with Gasteiger partial charge in [0.15, 0.2) is 0 Å². The summed E-state index contributed by atoms with van der Waals surface area (Å²) in [5, 5.41) is 13.9. The quantitative estimate of drug-likeness (QED) is 0.467. The fourth-order valence-corrected chi connectivity index (χ4v) is 4.53. The minimum absolute atomic E-state index is 0.317. The van der Waals surface area contributed by atoms with Crippen molar-refractivity contribution < 1.29 is 4.74 Å². The van der Waals surface area contributed by atoms with Crippen molar-refractivity contribution in [3.8, 4) is 34.3 Å². The predicted molar refractivity (Wildman–Crippen MR) is 138 cm³/mol. The van der Waals surface area contributed by atoms with Crippen LogP contribution in [0.25, 0.3) is 39.0 Å². The Labute approximate surface area is 204 Å². The van der Waals surface area contributed by atoms with Gasteiger partial charge in [-0.3, -0.25) is 0 Å². The van der Waals surface area contributed by atoms with Crippen LogP contribution in [0.5, 0.6) is 5.88 Å². The van der Waals surface area contributed by atoms with Crippen LogP contribution in [-0.4, -0.2) is 52.6 Å². The molecule has 1 N–H and O–H groups in total. The van der Waals surface area contributed by atoms with Gasteiger partial charge < -0.3 is 15.0 Å². The van der Waals surface area contributed by atoms with Crippen molar-refractivity contribution in [3.63, 3.8) is 0 Å². The molecule has 0 amide bonds. The summed E-state index contributed by atoms with van der Waals surface area (Å²) in [4.78, 5) is 15.7. The first-order valence-corrected chi connectivity index (χ1v) is 11.5. The molecule has 1 fully saturated rings. The highest BCUT2D eigenvalue weighted by molar-refractivity contribution is 5.95. The van der Waals surface area contributed by atoms with Crippen molar-refractivity contribution in [1.82, 2.24) is 25.2 Å². The first-order valence-electron chi connectivity index (χ1n) is 11.5. The first kappa shape index (κ1) is 22.5. The molecular weight excluding hydrogens is 436 g/mol. The minimum atomic E-state index is 0.317. The lowest BCUT2D eigenvalue weighted by Crippen LogP contribution is -2.48. The zero-order chi connectivity index (χ0) is 24.4. The highest BCUT2D eigenvalue weighted by Crippen LogP contribution is 2.32. The third kappa shape index (κ3) is 4.44. The number of hydrogen-bond donors (Lipinski definition) is 1. The van der Waals surface area contributed by atoms with Crippen LogP contribution in [0.1, 0.15) is 18.1 Å². The molecule has 35 heavy (non-hydrogen) atoms. The van der Waals surface area contributed by atoms with Gasteiger partial charge in [0.25, 0.3) is 0 Å². The molecule has 1 aliphatic heterocycles. The molecule has 7 heteroatoms. The highest BCUT2D eigenvalue weighted by atomic mass is 16.5. The molecule has 0 spiro atoms. The largest absolute Gasteiger partial charge is 0.480 e. The zero-order valence-corrected chi connectivity index (χ0v) is 19.8. The number of piperazine rings is 1. The van der Waals surface area contributed by atoms with Gasteiger partial charge in [-0.05, 0) is 42.3 Å². The number of benzene rings is 2. The van der Waals surface area contributed by atoms with Crippen molar-refractivity contribution in [1.29, 1.82) is 5.26 Å². The van der Waals surface area contributed by atoms with Crippen molar-refractivity contribution in [2.24, 2.45) is 0 Å². The van der Waals surface area contributed by atoms with E-state index in [-0.39, 0.29) is 0 Å². The molecule has 7 nitrogen and oxygen atoms in total. The van der Waals surface area contributed by atoms with Gasteiger partial charge in [0.1, 0.15) is 18.0 Å². The van der Waals surface area contributed by atoms with Gasteiger partial charge in [0.05, 0.1) is 18.3 Å². The Hall–Kier alpha value is -4.28. The van der Waals surface area contributed by atoms with E-state index in [0.29, 0.717) is 17.5 Å². The van der Waals surface area contributed by atoms with Crippen LogP contribution in [-0.2, 0) is 0 Å². The van der Waals surface area contributed by atoms with E-state index in [1.807, 2.05) is 18.2 Å². The molecule has 4 aromatic rings. The molecular formula is C28H26N6O. The second kappa shape index (κ2) is 9.53. The van der Waals surface area contributed by atoms with Gasteiger partial charge >= 0.3 is 0 Å². The lowest BCUT2D eigenvalue weighted by Gasteiger charge is -2.35. The Morgan fingerprint density at radius 2 is 2.00 bits per heavy atom. The van der Waals surface area contributed by atoms with Crippen molar-refractivity contribution in [2.75, 3.05) is 26.7 Å². The van der Waals surface area contributed by atoms with E-state index >= 15 is 0 Å². The third-order valence-corrected chi connectivity index (χ3v) is 6.35. The van der Waals surface area contributed by atoms with E-state index in [4.69, 9.17) is 4.74 Å². The maximum absolute atomic E-state index is 9.46. The number of pyridine rings is 1. The summed E-state index contributed by atoms with van der Waals surface area (Å²) in [6, 6.07) is 18.7.